The number of rotatable bonds is 6. The number of carbonyl (C=O) groups excluding carboxylic acids is 1. The van der Waals surface area contributed by atoms with Crippen molar-refractivity contribution in [2.75, 3.05) is 25.9 Å². The quantitative estimate of drug-likeness (QED) is 0.451. The van der Waals surface area contributed by atoms with Crippen LogP contribution in [0, 0.1) is 0 Å². The number of aromatic hydroxyl groups is 1. The normalized spacial score (nSPS) is 11.6. The Balaban J connectivity index is 3.14. The molecular weight excluding hydrogens is 284 g/mol. The lowest BCUT2D eigenvalue weighted by Gasteiger charge is -2.20. The van der Waals surface area contributed by atoms with E-state index in [0.717, 1.165) is 10.4 Å². The van der Waals surface area contributed by atoms with Gasteiger partial charge in [0.2, 0.25) is 10.0 Å². The molecule has 8 heteroatoms. The van der Waals surface area contributed by atoms with Crippen molar-refractivity contribution >= 4 is 21.7 Å². The van der Waals surface area contributed by atoms with Gasteiger partial charge in [0.25, 0.3) is 0 Å². The van der Waals surface area contributed by atoms with Crippen LogP contribution in [0.3, 0.4) is 0 Å². The van der Waals surface area contributed by atoms with Crippen molar-refractivity contribution < 1.29 is 23.1 Å². The van der Waals surface area contributed by atoms with Gasteiger partial charge in [0.05, 0.1) is 17.7 Å². The minimum Gasteiger partial charge on any atom is -0.506 e. The fraction of sp³-hybridized carbons (Fsp3) is 0.417. The summed E-state index contributed by atoms with van der Waals surface area (Å²) in [5, 5.41) is 9.33. The number of methoxy groups -OCH3 is 1. The standard InChI is InChI=1S/C12H18N2O5S/c1-3-6-14(8-12(16)19-2)20(17,18)9-4-5-11(15)10(13)7-9/h4-5,7,15H,3,6,8,13H2,1-2H3. The number of anilines is 1. The van der Waals surface area contributed by atoms with Gasteiger partial charge in [-0.1, -0.05) is 6.92 Å². The number of hydrogen-bond donors (Lipinski definition) is 2. The summed E-state index contributed by atoms with van der Waals surface area (Å²) < 4.78 is 30.3. The molecule has 0 saturated carbocycles. The number of phenolic OH excluding ortho intramolecular Hbond substituents is 1. The van der Waals surface area contributed by atoms with Crippen LogP contribution in [0.4, 0.5) is 5.69 Å². The zero-order valence-electron chi connectivity index (χ0n) is 11.4. The summed E-state index contributed by atoms with van der Waals surface area (Å²) >= 11 is 0. The maximum Gasteiger partial charge on any atom is 0.321 e. The van der Waals surface area contributed by atoms with Gasteiger partial charge in [0, 0.05) is 6.54 Å². The van der Waals surface area contributed by atoms with Gasteiger partial charge in [-0.2, -0.15) is 4.31 Å². The van der Waals surface area contributed by atoms with Crippen LogP contribution in [0.1, 0.15) is 13.3 Å². The van der Waals surface area contributed by atoms with Crippen LogP contribution in [-0.2, 0) is 19.6 Å². The van der Waals surface area contributed by atoms with Gasteiger partial charge < -0.3 is 15.6 Å². The van der Waals surface area contributed by atoms with Gasteiger partial charge in [-0.25, -0.2) is 8.42 Å². The minimum absolute atomic E-state index is 0.0411. The molecule has 112 valence electrons. The molecule has 0 bridgehead atoms. The van der Waals surface area contributed by atoms with E-state index in [2.05, 4.69) is 4.74 Å². The predicted molar refractivity (Wildman–Crippen MR) is 73.6 cm³/mol. The van der Waals surface area contributed by atoms with Gasteiger partial charge in [-0.3, -0.25) is 4.79 Å². The SMILES string of the molecule is CCCN(CC(=O)OC)S(=O)(=O)c1ccc(O)c(N)c1. The zero-order chi connectivity index (χ0) is 15.3. The summed E-state index contributed by atoms with van der Waals surface area (Å²) in [7, 11) is -2.67. The maximum atomic E-state index is 12.4. The fourth-order valence-corrected chi connectivity index (χ4v) is 3.10. The third-order valence-corrected chi connectivity index (χ3v) is 4.48. The topological polar surface area (TPSA) is 110 Å². The third-order valence-electron chi connectivity index (χ3n) is 2.64. The van der Waals surface area contributed by atoms with Gasteiger partial charge in [0.15, 0.2) is 0 Å². The molecule has 0 amide bonds. The van der Waals surface area contributed by atoms with Crippen LogP contribution in [0.2, 0.25) is 0 Å². The molecule has 0 heterocycles. The zero-order valence-corrected chi connectivity index (χ0v) is 12.2. The Bertz CT molecular complexity index is 586. The van der Waals surface area contributed by atoms with Crippen LogP contribution in [0.15, 0.2) is 23.1 Å². The van der Waals surface area contributed by atoms with Gasteiger partial charge in [-0.05, 0) is 24.6 Å². The second-order valence-corrected chi connectivity index (χ2v) is 6.07. The number of phenols is 1. The first-order chi connectivity index (χ1) is 9.32. The molecule has 0 radical (unpaired) electrons. The second kappa shape index (κ2) is 6.58. The number of sulfonamides is 1. The molecule has 1 rings (SSSR count). The summed E-state index contributed by atoms with van der Waals surface area (Å²) in [4.78, 5) is 11.2. The van der Waals surface area contributed by atoms with Gasteiger partial charge in [-0.15, -0.1) is 0 Å². The smallest absolute Gasteiger partial charge is 0.321 e. The first kappa shape index (κ1) is 16.3. The largest absolute Gasteiger partial charge is 0.506 e. The average molecular weight is 302 g/mol. The third kappa shape index (κ3) is 3.61. The average Bonchev–Trinajstić information content (AvgIpc) is 2.40. The molecule has 0 aliphatic rings. The summed E-state index contributed by atoms with van der Waals surface area (Å²) in [6.45, 7) is 1.61. The van der Waals surface area contributed by atoms with E-state index in [1.165, 1.54) is 19.2 Å². The Kier molecular flexibility index (Phi) is 5.34. The summed E-state index contributed by atoms with van der Waals surface area (Å²) in [6, 6.07) is 3.59. The Labute approximate surface area is 118 Å². The van der Waals surface area contributed by atoms with Crippen molar-refractivity contribution in [2.24, 2.45) is 0 Å². The van der Waals surface area contributed by atoms with Crippen LogP contribution < -0.4 is 5.73 Å². The molecule has 0 atom stereocenters. The van der Waals surface area contributed by atoms with Crippen LogP contribution >= 0.6 is 0 Å². The number of nitrogens with two attached hydrogens (primary N) is 1. The van der Waals surface area contributed by atoms with Gasteiger partial charge in [0.1, 0.15) is 12.3 Å². The fourth-order valence-electron chi connectivity index (χ4n) is 1.58. The van der Waals surface area contributed by atoms with Crippen LogP contribution in [0.25, 0.3) is 0 Å². The van der Waals surface area contributed by atoms with Crippen molar-refractivity contribution in [3.05, 3.63) is 18.2 Å². The van der Waals surface area contributed by atoms with Gasteiger partial charge >= 0.3 is 5.97 Å². The molecule has 0 aliphatic heterocycles. The van der Waals surface area contributed by atoms with Crippen molar-refractivity contribution in [3.8, 4) is 5.75 Å². The molecule has 7 nitrogen and oxygen atoms in total. The van der Waals surface area contributed by atoms with Crippen molar-refractivity contribution in [1.29, 1.82) is 0 Å². The van der Waals surface area contributed by atoms with E-state index < -0.39 is 16.0 Å². The first-order valence-electron chi connectivity index (χ1n) is 5.98. The summed E-state index contributed by atoms with van der Waals surface area (Å²) in [6.07, 6.45) is 0.545. The number of hydrogen-bond acceptors (Lipinski definition) is 6. The van der Waals surface area contributed by atoms with Crippen LogP contribution in [-0.4, -0.2) is 44.0 Å². The molecule has 0 aromatic heterocycles. The molecular formula is C12H18N2O5S. The van der Waals surface area contributed by atoms with Crippen LogP contribution in [0.5, 0.6) is 5.75 Å². The molecule has 1 aromatic carbocycles. The number of nitrogens with zero attached hydrogens (tertiary/aromatic N) is 1. The number of ether oxygens (including phenoxy) is 1. The van der Waals surface area contributed by atoms with E-state index in [1.54, 1.807) is 6.92 Å². The minimum atomic E-state index is -3.87. The highest BCUT2D eigenvalue weighted by Gasteiger charge is 2.26. The number of nitrogen functional groups attached to an aromatic ring is 1. The molecule has 1 aromatic rings. The molecule has 0 unspecified atom stereocenters. The number of carbonyl (C=O) groups is 1. The lowest BCUT2D eigenvalue weighted by molar-refractivity contribution is -0.140. The Morgan fingerprint density at radius 2 is 2.10 bits per heavy atom. The number of esters is 1. The Hall–Kier alpha value is -1.80. The maximum absolute atomic E-state index is 12.4. The monoisotopic (exact) mass is 302 g/mol. The predicted octanol–water partition coefficient (Wildman–Crippen LogP) is 0.548. The molecule has 20 heavy (non-hydrogen) atoms. The van der Waals surface area contributed by atoms with E-state index >= 15 is 0 Å². The molecule has 0 saturated heterocycles. The Morgan fingerprint density at radius 3 is 2.60 bits per heavy atom. The highest BCUT2D eigenvalue weighted by molar-refractivity contribution is 7.89. The molecule has 0 fully saturated rings. The van der Waals surface area contributed by atoms with E-state index in [-0.39, 0.29) is 29.4 Å². The molecule has 3 N–H and O–H groups in total. The van der Waals surface area contributed by atoms with E-state index in [4.69, 9.17) is 5.73 Å². The van der Waals surface area contributed by atoms with Crippen molar-refractivity contribution in [1.82, 2.24) is 4.31 Å². The van der Waals surface area contributed by atoms with E-state index in [1.807, 2.05) is 0 Å². The second-order valence-electron chi connectivity index (χ2n) is 4.14. The number of benzene rings is 1. The van der Waals surface area contributed by atoms with Crippen molar-refractivity contribution in [3.63, 3.8) is 0 Å². The first-order valence-corrected chi connectivity index (χ1v) is 7.42. The Morgan fingerprint density at radius 1 is 1.45 bits per heavy atom. The molecule has 0 aliphatic carbocycles. The highest BCUT2D eigenvalue weighted by atomic mass is 32.2. The summed E-state index contributed by atoms with van der Waals surface area (Å²) in [5.41, 5.74) is 5.45. The lowest BCUT2D eigenvalue weighted by Crippen LogP contribution is -2.36. The highest BCUT2D eigenvalue weighted by Crippen LogP contribution is 2.25. The van der Waals surface area contributed by atoms with E-state index in [9.17, 15) is 18.3 Å². The summed E-state index contributed by atoms with van der Waals surface area (Å²) in [5.74, 6) is -0.840. The van der Waals surface area contributed by atoms with E-state index in [0.29, 0.717) is 6.42 Å². The van der Waals surface area contributed by atoms with Crippen molar-refractivity contribution in [2.45, 2.75) is 18.2 Å². The lowest BCUT2D eigenvalue weighted by atomic mass is 10.3. The molecule has 0 spiro atoms.